The number of hydrogen-bond donors (Lipinski definition) is 0. The average molecular weight is 148 g/mol. The molecule has 0 aromatic heterocycles. The lowest BCUT2D eigenvalue weighted by Gasteiger charge is -1.97. The number of rotatable bonds is 2. The van der Waals surface area contributed by atoms with Crippen LogP contribution in [-0.4, -0.2) is 11.5 Å². The Morgan fingerprint density at radius 2 is 2.00 bits per heavy atom. The van der Waals surface area contributed by atoms with Gasteiger partial charge in [-0.2, -0.15) is 0 Å². The van der Waals surface area contributed by atoms with E-state index in [1.165, 1.54) is 6.42 Å². The van der Waals surface area contributed by atoms with Crippen molar-refractivity contribution in [3.63, 3.8) is 0 Å². The van der Waals surface area contributed by atoms with Crippen LogP contribution in [0, 0.1) is 5.41 Å². The molecule has 0 aromatic rings. The summed E-state index contributed by atoms with van der Waals surface area (Å²) in [7, 11) is 3.91. The standard InChI is InChI=1S/C6H12S2/c1-6(2)4-5(6)8-7-3/h5H,4H2,1-3H3. The van der Waals surface area contributed by atoms with E-state index in [9.17, 15) is 0 Å². The molecule has 0 bridgehead atoms. The van der Waals surface area contributed by atoms with Crippen molar-refractivity contribution >= 4 is 21.6 Å². The lowest BCUT2D eigenvalue weighted by atomic mass is 10.2. The first-order valence-electron chi connectivity index (χ1n) is 2.86. The molecule has 0 nitrogen and oxygen atoms in total. The molecular formula is C6H12S2. The highest BCUT2D eigenvalue weighted by Crippen LogP contribution is 2.55. The van der Waals surface area contributed by atoms with E-state index in [1.54, 1.807) is 0 Å². The molecule has 0 heterocycles. The van der Waals surface area contributed by atoms with Crippen LogP contribution >= 0.6 is 21.6 Å². The molecule has 1 fully saturated rings. The highest BCUT2D eigenvalue weighted by atomic mass is 33.1. The summed E-state index contributed by atoms with van der Waals surface area (Å²) in [5, 5.41) is 0.942. The van der Waals surface area contributed by atoms with Crippen molar-refractivity contribution in [2.24, 2.45) is 5.41 Å². The third kappa shape index (κ3) is 1.35. The van der Waals surface area contributed by atoms with Gasteiger partial charge in [-0.15, -0.1) is 0 Å². The average Bonchev–Trinajstić information content (AvgIpc) is 2.15. The van der Waals surface area contributed by atoms with Gasteiger partial charge in [0, 0.05) is 5.25 Å². The van der Waals surface area contributed by atoms with Crippen LogP contribution in [0.1, 0.15) is 20.3 Å². The van der Waals surface area contributed by atoms with Gasteiger partial charge in [-0.05, 0) is 18.1 Å². The molecule has 0 aliphatic heterocycles. The van der Waals surface area contributed by atoms with Crippen LogP contribution in [0.3, 0.4) is 0 Å². The van der Waals surface area contributed by atoms with Gasteiger partial charge in [0.25, 0.3) is 0 Å². The SMILES string of the molecule is CSSC1CC1(C)C. The largest absolute Gasteiger partial charge is 0.0973 e. The first-order chi connectivity index (χ1) is 3.67. The van der Waals surface area contributed by atoms with Crippen molar-refractivity contribution < 1.29 is 0 Å². The van der Waals surface area contributed by atoms with E-state index in [0.717, 1.165) is 5.25 Å². The van der Waals surface area contributed by atoms with Gasteiger partial charge in [0.1, 0.15) is 0 Å². The topological polar surface area (TPSA) is 0 Å². The van der Waals surface area contributed by atoms with E-state index >= 15 is 0 Å². The second-order valence-electron chi connectivity index (χ2n) is 2.94. The first-order valence-corrected chi connectivity index (χ1v) is 5.48. The van der Waals surface area contributed by atoms with Crippen molar-refractivity contribution in [1.29, 1.82) is 0 Å². The summed E-state index contributed by atoms with van der Waals surface area (Å²) in [5.74, 6) is 0. The van der Waals surface area contributed by atoms with Crippen molar-refractivity contribution in [3.8, 4) is 0 Å². The Kier molecular flexibility index (Phi) is 1.83. The molecule has 0 amide bonds. The number of hydrogen-bond acceptors (Lipinski definition) is 2. The van der Waals surface area contributed by atoms with E-state index in [1.807, 2.05) is 21.6 Å². The van der Waals surface area contributed by atoms with Crippen molar-refractivity contribution in [2.45, 2.75) is 25.5 Å². The maximum atomic E-state index is 2.33. The Labute approximate surface area is 59.2 Å². The molecule has 1 unspecified atom stereocenters. The Morgan fingerprint density at radius 3 is 2.12 bits per heavy atom. The fourth-order valence-corrected chi connectivity index (χ4v) is 3.37. The van der Waals surface area contributed by atoms with Gasteiger partial charge in [-0.1, -0.05) is 35.4 Å². The molecule has 48 valence electrons. The monoisotopic (exact) mass is 148 g/mol. The van der Waals surface area contributed by atoms with Crippen molar-refractivity contribution in [2.75, 3.05) is 6.26 Å². The van der Waals surface area contributed by atoms with Crippen LogP contribution in [0.25, 0.3) is 0 Å². The Bertz CT molecular complexity index is 88.5. The zero-order valence-corrected chi connectivity index (χ0v) is 7.23. The lowest BCUT2D eigenvalue weighted by molar-refractivity contribution is 0.658. The van der Waals surface area contributed by atoms with E-state index in [-0.39, 0.29) is 0 Å². The molecule has 1 atom stereocenters. The van der Waals surface area contributed by atoms with E-state index in [4.69, 9.17) is 0 Å². The van der Waals surface area contributed by atoms with Crippen LogP contribution in [-0.2, 0) is 0 Å². The molecule has 1 aliphatic rings. The van der Waals surface area contributed by atoms with Crippen LogP contribution < -0.4 is 0 Å². The highest BCUT2D eigenvalue weighted by molar-refractivity contribution is 8.76. The van der Waals surface area contributed by atoms with Gasteiger partial charge >= 0.3 is 0 Å². The van der Waals surface area contributed by atoms with Gasteiger partial charge in [-0.25, -0.2) is 0 Å². The molecule has 0 radical (unpaired) electrons. The highest BCUT2D eigenvalue weighted by Gasteiger charge is 2.45. The molecule has 0 N–H and O–H groups in total. The first kappa shape index (κ1) is 6.81. The Morgan fingerprint density at radius 1 is 1.50 bits per heavy atom. The van der Waals surface area contributed by atoms with E-state index < -0.39 is 0 Å². The van der Waals surface area contributed by atoms with Gasteiger partial charge in [0.05, 0.1) is 0 Å². The Hall–Kier alpha value is 0.700. The quantitative estimate of drug-likeness (QED) is 0.552. The normalized spacial score (nSPS) is 32.6. The van der Waals surface area contributed by atoms with Crippen LogP contribution in [0.15, 0.2) is 0 Å². The summed E-state index contributed by atoms with van der Waals surface area (Å²) in [6, 6.07) is 0. The van der Waals surface area contributed by atoms with Gasteiger partial charge < -0.3 is 0 Å². The van der Waals surface area contributed by atoms with Gasteiger partial charge in [0.15, 0.2) is 0 Å². The molecule has 0 aromatic carbocycles. The lowest BCUT2D eigenvalue weighted by Crippen LogP contribution is -1.87. The second-order valence-corrected chi connectivity index (χ2v) is 5.62. The summed E-state index contributed by atoms with van der Waals surface area (Å²) < 4.78 is 0. The molecular weight excluding hydrogens is 136 g/mol. The summed E-state index contributed by atoms with van der Waals surface area (Å²) in [4.78, 5) is 0. The van der Waals surface area contributed by atoms with Gasteiger partial charge in [-0.3, -0.25) is 0 Å². The maximum Gasteiger partial charge on any atom is 0.0208 e. The van der Waals surface area contributed by atoms with Crippen molar-refractivity contribution in [1.82, 2.24) is 0 Å². The van der Waals surface area contributed by atoms with Gasteiger partial charge in [0.2, 0.25) is 0 Å². The van der Waals surface area contributed by atoms with Crippen molar-refractivity contribution in [3.05, 3.63) is 0 Å². The van der Waals surface area contributed by atoms with E-state index in [0.29, 0.717) is 5.41 Å². The predicted molar refractivity (Wildman–Crippen MR) is 43.3 cm³/mol. The van der Waals surface area contributed by atoms with Crippen LogP contribution in [0.4, 0.5) is 0 Å². The summed E-state index contributed by atoms with van der Waals surface area (Å²) in [5.41, 5.74) is 0.660. The second kappa shape index (κ2) is 2.14. The molecule has 0 spiro atoms. The molecule has 1 aliphatic carbocycles. The minimum absolute atomic E-state index is 0.660. The molecule has 1 rings (SSSR count). The predicted octanol–water partition coefficient (Wildman–Crippen LogP) is 2.80. The third-order valence-corrected chi connectivity index (χ3v) is 4.14. The molecule has 8 heavy (non-hydrogen) atoms. The van der Waals surface area contributed by atoms with Crippen LogP contribution in [0.5, 0.6) is 0 Å². The third-order valence-electron chi connectivity index (χ3n) is 1.64. The minimum Gasteiger partial charge on any atom is -0.0973 e. The maximum absolute atomic E-state index is 2.33. The molecule has 1 saturated carbocycles. The van der Waals surface area contributed by atoms with Crippen LogP contribution in [0.2, 0.25) is 0 Å². The molecule has 0 saturated heterocycles. The smallest absolute Gasteiger partial charge is 0.0208 e. The summed E-state index contributed by atoms with van der Waals surface area (Å²) in [6.07, 6.45) is 3.57. The zero-order valence-electron chi connectivity index (χ0n) is 5.60. The zero-order chi connectivity index (χ0) is 6.20. The fourth-order valence-electron chi connectivity index (χ4n) is 0.699. The van der Waals surface area contributed by atoms with E-state index in [2.05, 4.69) is 20.1 Å². The minimum atomic E-state index is 0.660. The molecule has 2 heteroatoms. The Balaban J connectivity index is 2.17. The fraction of sp³-hybridized carbons (Fsp3) is 1.00. The summed E-state index contributed by atoms with van der Waals surface area (Å²) >= 11 is 0. The summed E-state index contributed by atoms with van der Waals surface area (Å²) in [6.45, 7) is 4.67.